The van der Waals surface area contributed by atoms with Crippen molar-refractivity contribution in [2.75, 3.05) is 0 Å². The first-order chi connectivity index (χ1) is 11.8. The van der Waals surface area contributed by atoms with Crippen LogP contribution in [0.15, 0.2) is 24.3 Å². The van der Waals surface area contributed by atoms with Gasteiger partial charge in [0.25, 0.3) is 0 Å². The average Bonchev–Trinajstić information content (AvgIpc) is 2.58. The smallest absolute Gasteiger partial charge is 0.132 e. The number of allylic oxidation sites excluding steroid dienone is 4. The standard InChI is InChI=1S/C23H41O/c1-3-5-7-8-9-10-11-12-13-14-15-16-17-18-20-22-23(24)21-19-6-4-2/h9-10,12-13H,2-8,11,14-22H2,1H3/b10-9-,13-12-. The zero-order valence-corrected chi connectivity index (χ0v) is 16.2. The number of ketones is 1. The zero-order chi connectivity index (χ0) is 17.7. The summed E-state index contributed by atoms with van der Waals surface area (Å²) in [6.07, 6.45) is 27.5. The van der Waals surface area contributed by atoms with Crippen molar-refractivity contribution < 1.29 is 4.79 Å². The molecule has 0 aliphatic heterocycles. The fourth-order valence-electron chi connectivity index (χ4n) is 2.76. The average molecular weight is 334 g/mol. The molecule has 0 aromatic rings. The highest BCUT2D eigenvalue weighted by Gasteiger charge is 2.00. The number of carbonyl (C=O) groups excluding carboxylic acids is 1. The van der Waals surface area contributed by atoms with Crippen LogP contribution in [0.2, 0.25) is 0 Å². The summed E-state index contributed by atoms with van der Waals surface area (Å²) in [7, 11) is 0. The van der Waals surface area contributed by atoms with Gasteiger partial charge in [-0.05, 0) is 44.9 Å². The molecular formula is C23H41O. The van der Waals surface area contributed by atoms with Crippen LogP contribution in [-0.4, -0.2) is 5.78 Å². The predicted molar refractivity (Wildman–Crippen MR) is 108 cm³/mol. The van der Waals surface area contributed by atoms with Gasteiger partial charge in [0, 0.05) is 12.8 Å². The van der Waals surface area contributed by atoms with Crippen LogP contribution in [0.4, 0.5) is 0 Å². The van der Waals surface area contributed by atoms with Crippen molar-refractivity contribution in [3.63, 3.8) is 0 Å². The lowest BCUT2D eigenvalue weighted by Gasteiger charge is -2.01. The Balaban J connectivity index is 3.24. The first-order valence-electron chi connectivity index (χ1n) is 10.4. The highest BCUT2D eigenvalue weighted by atomic mass is 16.1. The van der Waals surface area contributed by atoms with E-state index >= 15 is 0 Å². The molecule has 0 atom stereocenters. The molecular weight excluding hydrogens is 292 g/mol. The number of hydrogen-bond donors (Lipinski definition) is 0. The first kappa shape index (κ1) is 23.1. The maximum atomic E-state index is 11.6. The molecule has 0 bridgehead atoms. The fourth-order valence-corrected chi connectivity index (χ4v) is 2.76. The SMILES string of the molecule is [CH2]CCCCC(=O)CCCCCCC/C=C\C/C=C\CCCCC. The van der Waals surface area contributed by atoms with Crippen LogP contribution in [-0.2, 0) is 4.79 Å². The van der Waals surface area contributed by atoms with Crippen LogP contribution in [0.5, 0.6) is 0 Å². The first-order valence-corrected chi connectivity index (χ1v) is 10.4. The Bertz CT molecular complexity index is 314. The predicted octanol–water partition coefficient (Wildman–Crippen LogP) is 7.76. The lowest BCUT2D eigenvalue weighted by Crippen LogP contribution is -1.97. The minimum atomic E-state index is 0.453. The van der Waals surface area contributed by atoms with Crippen molar-refractivity contribution in [2.24, 2.45) is 0 Å². The van der Waals surface area contributed by atoms with Crippen LogP contribution in [0.1, 0.15) is 110 Å². The summed E-state index contributed by atoms with van der Waals surface area (Å²) in [5.41, 5.74) is 0. The van der Waals surface area contributed by atoms with Gasteiger partial charge in [0.05, 0.1) is 0 Å². The van der Waals surface area contributed by atoms with E-state index in [0.717, 1.165) is 44.9 Å². The molecule has 1 nitrogen and oxygen atoms in total. The second-order valence-corrected chi connectivity index (χ2v) is 6.83. The molecule has 139 valence electrons. The zero-order valence-electron chi connectivity index (χ0n) is 16.2. The second-order valence-electron chi connectivity index (χ2n) is 6.83. The molecule has 0 heterocycles. The topological polar surface area (TPSA) is 17.1 Å². The van der Waals surface area contributed by atoms with Crippen LogP contribution >= 0.6 is 0 Å². The van der Waals surface area contributed by atoms with Crippen LogP contribution < -0.4 is 0 Å². The minimum absolute atomic E-state index is 0.453. The van der Waals surface area contributed by atoms with Crippen molar-refractivity contribution in [1.82, 2.24) is 0 Å². The Hall–Kier alpha value is -0.850. The Morgan fingerprint density at radius 1 is 0.708 bits per heavy atom. The third kappa shape index (κ3) is 19.2. The van der Waals surface area contributed by atoms with Gasteiger partial charge >= 0.3 is 0 Å². The molecule has 1 heteroatoms. The van der Waals surface area contributed by atoms with Gasteiger partial charge in [-0.3, -0.25) is 4.79 Å². The summed E-state index contributed by atoms with van der Waals surface area (Å²) >= 11 is 0. The van der Waals surface area contributed by atoms with E-state index in [0.29, 0.717) is 5.78 Å². The third-order valence-electron chi connectivity index (χ3n) is 4.36. The lowest BCUT2D eigenvalue weighted by atomic mass is 10.0. The summed E-state index contributed by atoms with van der Waals surface area (Å²) in [5, 5.41) is 0. The molecule has 0 aromatic carbocycles. The number of Topliss-reactive ketones (excluding diaryl/α,β-unsaturated/α-hetero) is 1. The van der Waals surface area contributed by atoms with Gasteiger partial charge in [-0.25, -0.2) is 0 Å². The van der Waals surface area contributed by atoms with Gasteiger partial charge in [-0.1, -0.05) is 83.1 Å². The molecule has 24 heavy (non-hydrogen) atoms. The van der Waals surface area contributed by atoms with Gasteiger partial charge < -0.3 is 0 Å². The Labute approximate surface area is 152 Å². The molecule has 1 radical (unpaired) electrons. The van der Waals surface area contributed by atoms with Crippen molar-refractivity contribution in [1.29, 1.82) is 0 Å². The highest BCUT2D eigenvalue weighted by Crippen LogP contribution is 2.10. The molecule has 0 rings (SSSR count). The molecule has 0 aliphatic rings. The van der Waals surface area contributed by atoms with E-state index in [9.17, 15) is 4.79 Å². The maximum absolute atomic E-state index is 11.6. The van der Waals surface area contributed by atoms with E-state index in [1.54, 1.807) is 0 Å². The summed E-state index contributed by atoms with van der Waals surface area (Å²) in [6.45, 7) is 6.06. The van der Waals surface area contributed by atoms with Gasteiger partial charge in [0.1, 0.15) is 5.78 Å². The van der Waals surface area contributed by atoms with Crippen LogP contribution in [0, 0.1) is 6.92 Å². The number of rotatable bonds is 18. The van der Waals surface area contributed by atoms with Crippen molar-refractivity contribution in [3.05, 3.63) is 31.2 Å². The van der Waals surface area contributed by atoms with Crippen molar-refractivity contribution >= 4 is 5.78 Å². The molecule has 0 unspecified atom stereocenters. The van der Waals surface area contributed by atoms with E-state index in [1.807, 2.05) is 0 Å². The van der Waals surface area contributed by atoms with Crippen molar-refractivity contribution in [3.8, 4) is 0 Å². The summed E-state index contributed by atoms with van der Waals surface area (Å²) in [6, 6.07) is 0. The van der Waals surface area contributed by atoms with Gasteiger partial charge in [-0.2, -0.15) is 0 Å². The molecule has 0 spiro atoms. The largest absolute Gasteiger partial charge is 0.300 e. The van der Waals surface area contributed by atoms with Crippen molar-refractivity contribution in [2.45, 2.75) is 110 Å². The summed E-state index contributed by atoms with van der Waals surface area (Å²) in [4.78, 5) is 11.6. The quantitative estimate of drug-likeness (QED) is 0.185. The van der Waals surface area contributed by atoms with E-state index in [1.165, 1.54) is 57.8 Å². The normalized spacial score (nSPS) is 11.8. The van der Waals surface area contributed by atoms with E-state index in [4.69, 9.17) is 0 Å². The lowest BCUT2D eigenvalue weighted by molar-refractivity contribution is -0.119. The second kappa shape index (κ2) is 20.2. The monoisotopic (exact) mass is 333 g/mol. The Kier molecular flexibility index (Phi) is 19.5. The number of unbranched alkanes of at least 4 members (excludes halogenated alkanes) is 10. The molecule has 0 aromatic heterocycles. The van der Waals surface area contributed by atoms with E-state index < -0.39 is 0 Å². The molecule has 0 aliphatic carbocycles. The maximum Gasteiger partial charge on any atom is 0.132 e. The molecule has 0 fully saturated rings. The van der Waals surface area contributed by atoms with Crippen LogP contribution in [0.25, 0.3) is 0 Å². The molecule has 0 saturated carbocycles. The van der Waals surface area contributed by atoms with Crippen LogP contribution in [0.3, 0.4) is 0 Å². The Morgan fingerprint density at radius 3 is 1.88 bits per heavy atom. The summed E-state index contributed by atoms with van der Waals surface area (Å²) in [5.74, 6) is 0.453. The molecule has 0 saturated heterocycles. The van der Waals surface area contributed by atoms with Gasteiger partial charge in [0.15, 0.2) is 0 Å². The molecule has 0 N–H and O–H groups in total. The van der Waals surface area contributed by atoms with E-state index in [2.05, 4.69) is 38.2 Å². The third-order valence-corrected chi connectivity index (χ3v) is 4.36. The highest BCUT2D eigenvalue weighted by molar-refractivity contribution is 5.78. The van der Waals surface area contributed by atoms with E-state index in [-0.39, 0.29) is 0 Å². The summed E-state index contributed by atoms with van der Waals surface area (Å²) < 4.78 is 0. The number of carbonyl (C=O) groups is 1. The fraction of sp³-hybridized carbons (Fsp3) is 0.739. The number of hydrogen-bond acceptors (Lipinski definition) is 1. The molecule has 0 amide bonds. The van der Waals surface area contributed by atoms with Gasteiger partial charge in [0.2, 0.25) is 0 Å². The Morgan fingerprint density at radius 2 is 1.25 bits per heavy atom. The van der Waals surface area contributed by atoms with Gasteiger partial charge in [-0.15, -0.1) is 0 Å². The minimum Gasteiger partial charge on any atom is -0.300 e.